The number of carboxylic acid groups (broad SMARTS) is 1. The van der Waals surface area contributed by atoms with Gasteiger partial charge in [-0.1, -0.05) is 0 Å². The number of carboxylic acids is 1. The highest BCUT2D eigenvalue weighted by Gasteiger charge is 2.18. The number of carbonyl (C=O) groups is 2. The van der Waals surface area contributed by atoms with Crippen molar-refractivity contribution < 1.29 is 24.2 Å². The van der Waals surface area contributed by atoms with Crippen LogP contribution in [0.15, 0.2) is 18.2 Å². The average Bonchev–Trinajstić information content (AvgIpc) is 2.44. The fourth-order valence-corrected chi connectivity index (χ4v) is 1.75. The number of aliphatic carboxylic acids is 1. The molecule has 1 rings (SSSR count). The summed E-state index contributed by atoms with van der Waals surface area (Å²) in [6.07, 6.45) is 0. The molecule has 0 fully saturated rings. The maximum atomic E-state index is 12.2. The zero-order valence-electron chi connectivity index (χ0n) is 11.9. The molecule has 0 unspecified atom stereocenters. The summed E-state index contributed by atoms with van der Waals surface area (Å²) in [6.45, 7) is 4.06. The van der Waals surface area contributed by atoms with E-state index >= 15 is 0 Å². The fourth-order valence-electron chi connectivity index (χ4n) is 1.75. The van der Waals surface area contributed by atoms with Gasteiger partial charge in [-0.3, -0.25) is 9.59 Å². The van der Waals surface area contributed by atoms with E-state index in [0.717, 1.165) is 0 Å². The molecule has 0 saturated carbocycles. The van der Waals surface area contributed by atoms with Gasteiger partial charge in [0.05, 0.1) is 13.7 Å². The van der Waals surface area contributed by atoms with Crippen LogP contribution >= 0.6 is 0 Å². The van der Waals surface area contributed by atoms with Crippen molar-refractivity contribution in [1.82, 2.24) is 4.90 Å². The Balaban J connectivity index is 3.00. The van der Waals surface area contributed by atoms with E-state index in [2.05, 4.69) is 0 Å². The summed E-state index contributed by atoms with van der Waals surface area (Å²) in [5.74, 6) is -0.397. The molecule has 0 radical (unpaired) electrons. The van der Waals surface area contributed by atoms with Crippen molar-refractivity contribution >= 4 is 11.9 Å². The second-order valence-corrected chi connectivity index (χ2v) is 4.01. The normalized spacial score (nSPS) is 9.95. The van der Waals surface area contributed by atoms with Gasteiger partial charge in [0.15, 0.2) is 11.5 Å². The second kappa shape index (κ2) is 7.37. The predicted molar refractivity (Wildman–Crippen MR) is 73.4 cm³/mol. The molecule has 6 heteroatoms. The molecule has 0 aliphatic heterocycles. The highest BCUT2D eigenvalue weighted by molar-refractivity contribution is 5.96. The molecular formula is C14H19NO5. The monoisotopic (exact) mass is 281 g/mol. The van der Waals surface area contributed by atoms with Crippen LogP contribution in [0, 0.1) is 0 Å². The number of ether oxygens (including phenoxy) is 2. The first-order valence-electron chi connectivity index (χ1n) is 6.35. The van der Waals surface area contributed by atoms with Crippen molar-refractivity contribution in [3.8, 4) is 11.5 Å². The largest absolute Gasteiger partial charge is 0.493 e. The van der Waals surface area contributed by atoms with Gasteiger partial charge >= 0.3 is 5.97 Å². The first-order chi connectivity index (χ1) is 9.53. The van der Waals surface area contributed by atoms with E-state index in [1.54, 1.807) is 25.1 Å². The summed E-state index contributed by atoms with van der Waals surface area (Å²) in [7, 11) is 1.49. The van der Waals surface area contributed by atoms with E-state index in [-0.39, 0.29) is 12.5 Å². The van der Waals surface area contributed by atoms with Crippen LogP contribution in [0.25, 0.3) is 0 Å². The summed E-state index contributed by atoms with van der Waals surface area (Å²) >= 11 is 0. The molecule has 0 aliphatic carbocycles. The van der Waals surface area contributed by atoms with Crippen molar-refractivity contribution in [3.05, 3.63) is 23.8 Å². The molecule has 20 heavy (non-hydrogen) atoms. The molecule has 1 aromatic carbocycles. The van der Waals surface area contributed by atoms with Crippen molar-refractivity contribution in [2.45, 2.75) is 13.8 Å². The molecule has 0 spiro atoms. The van der Waals surface area contributed by atoms with E-state index < -0.39 is 5.97 Å². The standard InChI is InChI=1S/C14H19NO5/c1-4-15(9-13(16)17)14(18)10-6-7-11(20-5-2)12(8-10)19-3/h6-8H,4-5,9H2,1-3H3,(H,16,17). The van der Waals surface area contributed by atoms with Gasteiger partial charge in [-0.05, 0) is 32.0 Å². The lowest BCUT2D eigenvalue weighted by molar-refractivity contribution is -0.137. The number of hydrogen-bond donors (Lipinski definition) is 1. The highest BCUT2D eigenvalue weighted by Crippen LogP contribution is 2.28. The third-order valence-corrected chi connectivity index (χ3v) is 2.71. The number of nitrogens with zero attached hydrogens (tertiary/aromatic N) is 1. The number of hydrogen-bond acceptors (Lipinski definition) is 4. The Morgan fingerprint density at radius 1 is 1.25 bits per heavy atom. The zero-order valence-corrected chi connectivity index (χ0v) is 11.9. The number of carbonyl (C=O) groups excluding carboxylic acids is 1. The molecule has 0 aliphatic rings. The summed E-state index contributed by atoms with van der Waals surface area (Å²) in [4.78, 5) is 24.2. The van der Waals surface area contributed by atoms with Crippen molar-refractivity contribution in [3.63, 3.8) is 0 Å². The third-order valence-electron chi connectivity index (χ3n) is 2.71. The molecule has 0 atom stereocenters. The third kappa shape index (κ3) is 3.88. The lowest BCUT2D eigenvalue weighted by Gasteiger charge is -2.19. The zero-order chi connectivity index (χ0) is 15.1. The van der Waals surface area contributed by atoms with Gasteiger partial charge < -0.3 is 19.5 Å². The maximum absolute atomic E-state index is 12.2. The number of amides is 1. The van der Waals surface area contributed by atoms with Crippen molar-refractivity contribution in [2.24, 2.45) is 0 Å². The molecule has 0 bridgehead atoms. The number of benzene rings is 1. The fraction of sp³-hybridized carbons (Fsp3) is 0.429. The Labute approximate surface area is 117 Å². The molecule has 6 nitrogen and oxygen atoms in total. The highest BCUT2D eigenvalue weighted by atomic mass is 16.5. The summed E-state index contributed by atoms with van der Waals surface area (Å²) in [5, 5.41) is 8.79. The Kier molecular flexibility index (Phi) is 5.83. The topological polar surface area (TPSA) is 76.1 Å². The van der Waals surface area contributed by atoms with Crippen molar-refractivity contribution in [2.75, 3.05) is 26.8 Å². The molecule has 0 saturated heterocycles. The van der Waals surface area contributed by atoms with Gasteiger partial charge in [0.2, 0.25) is 0 Å². The molecule has 0 aromatic heterocycles. The van der Waals surface area contributed by atoms with Crippen LogP contribution in [0.4, 0.5) is 0 Å². The van der Waals surface area contributed by atoms with Gasteiger partial charge in [-0.25, -0.2) is 0 Å². The molecule has 1 aromatic rings. The molecule has 0 heterocycles. The van der Waals surface area contributed by atoms with Gasteiger partial charge in [-0.2, -0.15) is 0 Å². The van der Waals surface area contributed by atoms with Crippen LogP contribution in [-0.2, 0) is 4.79 Å². The first kappa shape index (κ1) is 15.8. The molecule has 1 N–H and O–H groups in total. The Morgan fingerprint density at radius 2 is 1.95 bits per heavy atom. The predicted octanol–water partition coefficient (Wildman–Crippen LogP) is 1.64. The minimum absolute atomic E-state index is 0.320. The quantitative estimate of drug-likeness (QED) is 0.822. The maximum Gasteiger partial charge on any atom is 0.323 e. The van der Waals surface area contributed by atoms with Crippen LogP contribution in [0.5, 0.6) is 11.5 Å². The summed E-state index contributed by atoms with van der Waals surface area (Å²) in [6, 6.07) is 4.79. The van der Waals surface area contributed by atoms with E-state index in [9.17, 15) is 9.59 Å². The number of methoxy groups -OCH3 is 1. The lowest BCUT2D eigenvalue weighted by Crippen LogP contribution is -2.35. The SMILES string of the molecule is CCOc1ccc(C(=O)N(CC)CC(=O)O)cc1OC. The van der Waals surface area contributed by atoms with Gasteiger partial charge in [0.1, 0.15) is 6.54 Å². The Hall–Kier alpha value is -2.24. The average molecular weight is 281 g/mol. The van der Waals surface area contributed by atoms with Crippen LogP contribution in [-0.4, -0.2) is 48.7 Å². The summed E-state index contributed by atoms with van der Waals surface area (Å²) in [5.41, 5.74) is 0.369. The van der Waals surface area contributed by atoms with Crippen molar-refractivity contribution in [1.29, 1.82) is 0 Å². The Morgan fingerprint density at radius 3 is 2.45 bits per heavy atom. The molecule has 1 amide bonds. The first-order valence-corrected chi connectivity index (χ1v) is 6.35. The van der Waals surface area contributed by atoms with E-state index in [4.69, 9.17) is 14.6 Å². The van der Waals surface area contributed by atoms with Crippen LogP contribution in [0.1, 0.15) is 24.2 Å². The molecular weight excluding hydrogens is 262 g/mol. The second-order valence-electron chi connectivity index (χ2n) is 4.01. The van der Waals surface area contributed by atoms with Crippen LogP contribution in [0.2, 0.25) is 0 Å². The molecule has 110 valence electrons. The van der Waals surface area contributed by atoms with Gasteiger partial charge in [0, 0.05) is 12.1 Å². The van der Waals surface area contributed by atoms with E-state index in [0.29, 0.717) is 30.2 Å². The minimum Gasteiger partial charge on any atom is -0.493 e. The van der Waals surface area contributed by atoms with Gasteiger partial charge in [-0.15, -0.1) is 0 Å². The van der Waals surface area contributed by atoms with E-state index in [1.165, 1.54) is 12.0 Å². The summed E-state index contributed by atoms with van der Waals surface area (Å²) < 4.78 is 10.5. The van der Waals surface area contributed by atoms with E-state index in [1.807, 2.05) is 6.92 Å². The minimum atomic E-state index is -1.04. The van der Waals surface area contributed by atoms with Crippen LogP contribution in [0.3, 0.4) is 0 Å². The Bertz CT molecular complexity index is 486. The smallest absolute Gasteiger partial charge is 0.323 e. The number of rotatable bonds is 7. The van der Waals surface area contributed by atoms with Crippen LogP contribution < -0.4 is 9.47 Å². The number of likely N-dealkylation sites (N-methyl/N-ethyl adjacent to an activating group) is 1. The lowest BCUT2D eigenvalue weighted by atomic mass is 10.1. The van der Waals surface area contributed by atoms with Gasteiger partial charge in [0.25, 0.3) is 5.91 Å².